The maximum absolute atomic E-state index is 13.3. The molecule has 1 aromatic heterocycles. The van der Waals surface area contributed by atoms with Gasteiger partial charge in [-0.3, -0.25) is 0 Å². The highest BCUT2D eigenvalue weighted by Crippen LogP contribution is 2.37. The predicted molar refractivity (Wildman–Crippen MR) is 66.6 cm³/mol. The molecule has 0 saturated carbocycles. The Kier molecular flexibility index (Phi) is 2.73. The SMILES string of the molecule is CC1C(c2ccc(F)c(F)c2)CCc2nc(N)nn21. The molecule has 0 saturated heterocycles. The number of aromatic nitrogens is 3. The summed E-state index contributed by atoms with van der Waals surface area (Å²) in [6.07, 6.45) is 1.56. The first-order valence-electron chi connectivity index (χ1n) is 6.22. The van der Waals surface area contributed by atoms with Crippen molar-refractivity contribution in [3.8, 4) is 0 Å². The number of anilines is 1. The normalized spacial score (nSPS) is 22.3. The molecule has 2 atom stereocenters. The molecule has 2 aromatic rings. The smallest absolute Gasteiger partial charge is 0.239 e. The lowest BCUT2D eigenvalue weighted by Crippen LogP contribution is -2.24. The first-order valence-corrected chi connectivity index (χ1v) is 6.22. The molecule has 1 aliphatic rings. The van der Waals surface area contributed by atoms with E-state index in [4.69, 9.17) is 5.73 Å². The first-order chi connectivity index (χ1) is 9.06. The van der Waals surface area contributed by atoms with E-state index in [2.05, 4.69) is 10.1 Å². The number of nitrogens with two attached hydrogens (primary N) is 1. The molecule has 19 heavy (non-hydrogen) atoms. The topological polar surface area (TPSA) is 56.7 Å². The van der Waals surface area contributed by atoms with Gasteiger partial charge in [-0.25, -0.2) is 13.5 Å². The van der Waals surface area contributed by atoms with Crippen molar-refractivity contribution < 1.29 is 8.78 Å². The van der Waals surface area contributed by atoms with Crippen molar-refractivity contribution in [1.29, 1.82) is 0 Å². The van der Waals surface area contributed by atoms with Gasteiger partial charge in [0.1, 0.15) is 5.82 Å². The van der Waals surface area contributed by atoms with Crippen LogP contribution in [-0.4, -0.2) is 14.8 Å². The standard InChI is InChI=1S/C13H14F2N4/c1-7-9(8-2-4-10(14)11(15)6-8)3-5-12-17-13(16)18-19(7)12/h2,4,6-7,9H,3,5H2,1H3,(H2,16,18). The minimum absolute atomic E-state index is 0.0263. The quantitative estimate of drug-likeness (QED) is 0.860. The molecule has 6 heteroatoms. The molecule has 2 heterocycles. The summed E-state index contributed by atoms with van der Waals surface area (Å²) in [5, 5.41) is 4.16. The monoisotopic (exact) mass is 264 g/mol. The molecule has 0 fully saturated rings. The van der Waals surface area contributed by atoms with Crippen LogP contribution >= 0.6 is 0 Å². The molecule has 1 aromatic carbocycles. The minimum atomic E-state index is -0.821. The van der Waals surface area contributed by atoms with Gasteiger partial charge in [0.2, 0.25) is 5.95 Å². The van der Waals surface area contributed by atoms with Gasteiger partial charge in [0, 0.05) is 12.3 Å². The van der Waals surface area contributed by atoms with Crippen LogP contribution in [0.3, 0.4) is 0 Å². The number of halogens is 2. The largest absolute Gasteiger partial charge is 0.366 e. The Labute approximate surface area is 109 Å². The molecule has 100 valence electrons. The van der Waals surface area contributed by atoms with E-state index in [1.807, 2.05) is 6.92 Å². The van der Waals surface area contributed by atoms with E-state index in [-0.39, 0.29) is 17.9 Å². The molecule has 0 radical (unpaired) electrons. The lowest BCUT2D eigenvalue weighted by atomic mass is 9.86. The highest BCUT2D eigenvalue weighted by Gasteiger charge is 2.29. The van der Waals surface area contributed by atoms with Gasteiger partial charge in [-0.1, -0.05) is 6.07 Å². The van der Waals surface area contributed by atoms with Crippen molar-refractivity contribution in [2.75, 3.05) is 5.73 Å². The number of nitrogen functional groups attached to an aromatic ring is 1. The number of fused-ring (bicyclic) bond motifs is 1. The van der Waals surface area contributed by atoms with Gasteiger partial charge in [-0.05, 0) is 31.0 Å². The molecular weight excluding hydrogens is 250 g/mol. The zero-order valence-electron chi connectivity index (χ0n) is 10.5. The molecular formula is C13H14F2N4. The third kappa shape index (κ3) is 1.97. The van der Waals surface area contributed by atoms with E-state index >= 15 is 0 Å². The Hall–Kier alpha value is -1.98. The Balaban J connectivity index is 1.97. The van der Waals surface area contributed by atoms with Crippen LogP contribution < -0.4 is 5.73 Å². The van der Waals surface area contributed by atoms with Gasteiger partial charge in [-0.2, -0.15) is 4.98 Å². The van der Waals surface area contributed by atoms with Crippen LogP contribution in [0.2, 0.25) is 0 Å². The van der Waals surface area contributed by atoms with Crippen molar-refractivity contribution in [3.63, 3.8) is 0 Å². The van der Waals surface area contributed by atoms with E-state index in [1.165, 1.54) is 12.1 Å². The Morgan fingerprint density at radius 2 is 2.11 bits per heavy atom. The number of nitrogens with zero attached hydrogens (tertiary/aromatic N) is 3. The van der Waals surface area contributed by atoms with Crippen molar-refractivity contribution in [2.45, 2.75) is 31.7 Å². The van der Waals surface area contributed by atoms with Crippen molar-refractivity contribution in [3.05, 3.63) is 41.2 Å². The minimum Gasteiger partial charge on any atom is -0.366 e. The number of hydrogen-bond donors (Lipinski definition) is 1. The van der Waals surface area contributed by atoms with Crippen molar-refractivity contribution in [2.24, 2.45) is 0 Å². The van der Waals surface area contributed by atoms with Crippen molar-refractivity contribution in [1.82, 2.24) is 14.8 Å². The summed E-state index contributed by atoms with van der Waals surface area (Å²) in [6, 6.07) is 4.09. The lowest BCUT2D eigenvalue weighted by Gasteiger charge is -2.29. The first kappa shape index (κ1) is 12.1. The number of rotatable bonds is 1. The fourth-order valence-corrected chi connectivity index (χ4v) is 2.75. The van der Waals surface area contributed by atoms with Gasteiger partial charge in [-0.15, -0.1) is 5.10 Å². The second-order valence-corrected chi connectivity index (χ2v) is 4.89. The van der Waals surface area contributed by atoms with Crippen LogP contribution in [0, 0.1) is 11.6 Å². The van der Waals surface area contributed by atoms with Gasteiger partial charge in [0.25, 0.3) is 0 Å². The fraction of sp³-hybridized carbons (Fsp3) is 0.385. The van der Waals surface area contributed by atoms with Gasteiger partial charge in [0.05, 0.1) is 6.04 Å². The molecule has 1 aliphatic heterocycles. The summed E-state index contributed by atoms with van der Waals surface area (Å²) in [6.45, 7) is 1.99. The summed E-state index contributed by atoms with van der Waals surface area (Å²) >= 11 is 0. The van der Waals surface area contributed by atoms with E-state index in [0.29, 0.717) is 0 Å². The zero-order chi connectivity index (χ0) is 13.6. The Bertz CT molecular complexity index is 623. The molecule has 0 spiro atoms. The van der Waals surface area contributed by atoms with Crippen molar-refractivity contribution >= 4 is 5.95 Å². The number of aryl methyl sites for hydroxylation is 1. The maximum Gasteiger partial charge on any atom is 0.239 e. The maximum atomic E-state index is 13.3. The second-order valence-electron chi connectivity index (χ2n) is 4.89. The highest BCUT2D eigenvalue weighted by atomic mass is 19.2. The third-order valence-corrected chi connectivity index (χ3v) is 3.74. The molecule has 0 aliphatic carbocycles. The predicted octanol–water partition coefficient (Wildman–Crippen LogP) is 2.43. The molecule has 0 amide bonds. The van der Waals surface area contributed by atoms with Crippen LogP contribution in [0.5, 0.6) is 0 Å². The molecule has 3 rings (SSSR count). The van der Waals surface area contributed by atoms with Gasteiger partial charge >= 0.3 is 0 Å². The summed E-state index contributed by atoms with van der Waals surface area (Å²) in [5.74, 6) is -0.438. The Morgan fingerprint density at radius 1 is 1.32 bits per heavy atom. The number of benzene rings is 1. The van der Waals surface area contributed by atoms with Gasteiger partial charge < -0.3 is 5.73 Å². The van der Waals surface area contributed by atoms with Crippen LogP contribution in [0.4, 0.5) is 14.7 Å². The van der Waals surface area contributed by atoms with E-state index in [9.17, 15) is 8.78 Å². The summed E-state index contributed by atoms with van der Waals surface area (Å²) in [7, 11) is 0. The molecule has 2 N–H and O–H groups in total. The second kappa shape index (κ2) is 4.29. The van der Waals surface area contributed by atoms with E-state index in [0.717, 1.165) is 24.2 Å². The average Bonchev–Trinajstić information content (AvgIpc) is 2.75. The Morgan fingerprint density at radius 3 is 2.84 bits per heavy atom. The van der Waals surface area contributed by atoms with Gasteiger partial charge in [0.15, 0.2) is 11.6 Å². The van der Waals surface area contributed by atoms with Crippen LogP contribution in [0.25, 0.3) is 0 Å². The summed E-state index contributed by atoms with van der Waals surface area (Å²) in [4.78, 5) is 4.16. The highest BCUT2D eigenvalue weighted by molar-refractivity contribution is 5.25. The molecule has 2 unspecified atom stereocenters. The third-order valence-electron chi connectivity index (χ3n) is 3.74. The van der Waals surface area contributed by atoms with E-state index < -0.39 is 11.6 Å². The van der Waals surface area contributed by atoms with Crippen LogP contribution in [0.1, 0.15) is 36.7 Å². The molecule has 0 bridgehead atoms. The van der Waals surface area contributed by atoms with Crippen LogP contribution in [-0.2, 0) is 6.42 Å². The average molecular weight is 264 g/mol. The summed E-state index contributed by atoms with van der Waals surface area (Å²) in [5.41, 5.74) is 6.38. The lowest BCUT2D eigenvalue weighted by molar-refractivity contribution is 0.337. The van der Waals surface area contributed by atoms with E-state index in [1.54, 1.807) is 10.7 Å². The number of hydrogen-bond acceptors (Lipinski definition) is 3. The molecule has 4 nitrogen and oxygen atoms in total. The fourth-order valence-electron chi connectivity index (χ4n) is 2.75. The van der Waals surface area contributed by atoms with Crippen LogP contribution in [0.15, 0.2) is 18.2 Å². The zero-order valence-corrected chi connectivity index (χ0v) is 10.5. The summed E-state index contributed by atoms with van der Waals surface area (Å²) < 4.78 is 28.1.